The Labute approximate surface area is 211 Å². The number of aromatic nitrogens is 2. The monoisotopic (exact) mass is 475 g/mol. The third-order valence-electron chi connectivity index (χ3n) is 7.86. The van der Waals surface area contributed by atoms with E-state index in [4.69, 9.17) is 0 Å². The quantitative estimate of drug-likeness (QED) is 0.271. The second-order valence-electron chi connectivity index (χ2n) is 9.60. The molecular weight excluding hydrogens is 457 g/mol. The van der Waals surface area contributed by atoms with Gasteiger partial charge in [0.05, 0.1) is 17.4 Å². The lowest BCUT2D eigenvalue weighted by atomic mass is 9.36. The van der Waals surface area contributed by atoms with E-state index in [0.717, 1.165) is 0 Å². The average molecular weight is 475 g/mol. The van der Waals surface area contributed by atoms with Gasteiger partial charge in [-0.05, 0) is 47.3 Å². The van der Waals surface area contributed by atoms with Gasteiger partial charge in [0.15, 0.2) is 0 Å². The van der Waals surface area contributed by atoms with Crippen molar-refractivity contribution in [3.8, 4) is 5.69 Å². The van der Waals surface area contributed by atoms with Gasteiger partial charge in [0.1, 0.15) is 0 Å². The van der Waals surface area contributed by atoms with E-state index < -0.39 is 0 Å². The van der Waals surface area contributed by atoms with Gasteiger partial charge in [-0.3, -0.25) is 4.98 Å². The van der Waals surface area contributed by atoms with Crippen LogP contribution in [0.4, 0.5) is 17.1 Å². The number of nitrogens with zero attached hydrogens (tertiary/aromatic N) is 3. The minimum Gasteiger partial charge on any atom is -0.310 e. The molecule has 0 N–H and O–H groups in total. The van der Waals surface area contributed by atoms with Crippen LogP contribution in [0.15, 0.2) is 109 Å². The molecule has 0 fully saturated rings. The maximum Gasteiger partial charge on any atom is 0.264 e. The van der Waals surface area contributed by atoms with Crippen LogP contribution < -0.4 is 20.6 Å². The third kappa shape index (κ3) is 2.18. The topological polar surface area (TPSA) is 21.1 Å². The van der Waals surface area contributed by atoms with Crippen LogP contribution in [0.5, 0.6) is 0 Å². The van der Waals surface area contributed by atoms with Crippen molar-refractivity contribution in [3.63, 3.8) is 0 Å². The van der Waals surface area contributed by atoms with Crippen molar-refractivity contribution in [3.05, 3.63) is 109 Å². The molecule has 0 bridgehead atoms. The van der Waals surface area contributed by atoms with Crippen molar-refractivity contribution in [2.45, 2.75) is 0 Å². The van der Waals surface area contributed by atoms with Gasteiger partial charge in [-0.2, -0.15) is 0 Å². The van der Waals surface area contributed by atoms with Crippen LogP contribution in [0.3, 0.4) is 0 Å². The summed E-state index contributed by atoms with van der Waals surface area (Å²) >= 11 is 1.94. The van der Waals surface area contributed by atoms with E-state index in [-0.39, 0.29) is 6.71 Å². The number of thiophene rings is 1. The highest BCUT2D eigenvalue weighted by molar-refractivity contribution is 7.33. The summed E-state index contributed by atoms with van der Waals surface area (Å²) in [6, 6.07) is 35.4. The molecule has 166 valence electrons. The van der Waals surface area contributed by atoms with Crippen molar-refractivity contribution >= 4 is 82.7 Å². The Kier molecular flexibility index (Phi) is 3.50. The Hall–Kier alpha value is -4.35. The van der Waals surface area contributed by atoms with Crippen molar-refractivity contribution in [1.82, 2.24) is 9.55 Å². The fraction of sp³-hybridized carbons (Fsp3) is 0. The van der Waals surface area contributed by atoms with Gasteiger partial charge in [0.25, 0.3) is 6.71 Å². The van der Waals surface area contributed by atoms with E-state index in [9.17, 15) is 0 Å². The number of fused-ring (bicyclic) bond motifs is 9. The summed E-state index contributed by atoms with van der Waals surface area (Å²) in [6.07, 6.45) is 3.92. The summed E-state index contributed by atoms with van der Waals surface area (Å²) < 4.78 is 5.20. The molecule has 0 saturated heterocycles. The van der Waals surface area contributed by atoms with Gasteiger partial charge >= 0.3 is 0 Å². The minimum atomic E-state index is 0.192. The zero-order valence-electron chi connectivity index (χ0n) is 19.2. The summed E-state index contributed by atoms with van der Waals surface area (Å²) in [5.41, 5.74) is 10.3. The minimum absolute atomic E-state index is 0.192. The number of pyridine rings is 1. The normalized spacial score (nSPS) is 13.4. The molecule has 3 aromatic heterocycles. The fourth-order valence-corrected chi connectivity index (χ4v) is 7.84. The molecule has 36 heavy (non-hydrogen) atoms. The summed E-state index contributed by atoms with van der Waals surface area (Å²) in [5, 5.41) is 3.88. The van der Waals surface area contributed by atoms with E-state index in [1.807, 2.05) is 23.7 Å². The van der Waals surface area contributed by atoms with Crippen molar-refractivity contribution < 1.29 is 0 Å². The van der Waals surface area contributed by atoms with E-state index in [1.165, 1.54) is 70.3 Å². The van der Waals surface area contributed by atoms with Crippen molar-refractivity contribution in [1.29, 1.82) is 0 Å². The molecule has 2 aliphatic heterocycles. The number of para-hydroxylation sites is 2. The number of hydrogen-bond donors (Lipinski definition) is 0. The van der Waals surface area contributed by atoms with Crippen LogP contribution in [0.1, 0.15) is 0 Å². The number of rotatable bonds is 1. The average Bonchev–Trinajstić information content (AvgIpc) is 3.49. The van der Waals surface area contributed by atoms with Gasteiger partial charge in [-0.1, -0.05) is 60.7 Å². The molecule has 0 spiro atoms. The molecule has 7 aromatic rings. The molecular formula is C31H18BN3S. The first-order valence-electron chi connectivity index (χ1n) is 12.3. The van der Waals surface area contributed by atoms with Crippen LogP contribution >= 0.6 is 11.3 Å². The van der Waals surface area contributed by atoms with Crippen LogP contribution in [0, 0.1) is 0 Å². The molecule has 0 unspecified atom stereocenters. The Morgan fingerprint density at radius 3 is 2.44 bits per heavy atom. The second-order valence-corrected chi connectivity index (χ2v) is 10.7. The van der Waals surface area contributed by atoms with Crippen LogP contribution in [0.2, 0.25) is 0 Å². The van der Waals surface area contributed by atoms with Gasteiger partial charge < -0.3 is 9.47 Å². The van der Waals surface area contributed by atoms with Gasteiger partial charge in [-0.15, -0.1) is 11.3 Å². The van der Waals surface area contributed by atoms with Crippen molar-refractivity contribution in [2.75, 3.05) is 4.90 Å². The summed E-state index contributed by atoms with van der Waals surface area (Å²) in [5.74, 6) is 0. The molecule has 0 atom stereocenters. The second kappa shape index (κ2) is 6.65. The SMILES string of the molecule is c1ccc(N2c3cccc4c3B(c3sc5ccccc5c32)c2cccc3c5ccncc5n-4c23)cc1. The highest BCUT2D eigenvalue weighted by Crippen LogP contribution is 2.45. The van der Waals surface area contributed by atoms with Gasteiger partial charge in [0.2, 0.25) is 0 Å². The maximum absolute atomic E-state index is 4.52. The van der Waals surface area contributed by atoms with Crippen molar-refractivity contribution in [2.24, 2.45) is 0 Å². The summed E-state index contributed by atoms with van der Waals surface area (Å²) in [4.78, 5) is 7.00. The Balaban J connectivity index is 1.51. The fourth-order valence-electron chi connectivity index (χ4n) is 6.52. The summed E-state index contributed by atoms with van der Waals surface area (Å²) in [6.45, 7) is 0.192. The lowest BCUT2D eigenvalue weighted by molar-refractivity contribution is 1.17. The highest BCUT2D eigenvalue weighted by atomic mass is 32.1. The standard InChI is InChI=1S/C31H18BN3S/c1-2-8-19(9-3-1)34-24-13-7-14-25-28(24)32(31-30(34)22-10-4-5-15-27(22)36-31)23-12-6-11-21-20-16-17-33-18-26(20)35(25)29(21)23/h1-18H. The Bertz CT molecular complexity index is 2020. The smallest absolute Gasteiger partial charge is 0.264 e. The zero-order valence-corrected chi connectivity index (χ0v) is 20.0. The molecule has 5 heteroatoms. The number of benzene rings is 4. The molecule has 0 radical (unpaired) electrons. The molecule has 2 aliphatic rings. The lowest BCUT2D eigenvalue weighted by Crippen LogP contribution is -2.59. The van der Waals surface area contributed by atoms with Gasteiger partial charge in [0, 0.05) is 54.4 Å². The first-order chi connectivity index (χ1) is 17.9. The molecule has 9 rings (SSSR count). The maximum atomic E-state index is 4.52. The first-order valence-corrected chi connectivity index (χ1v) is 13.1. The van der Waals surface area contributed by atoms with Gasteiger partial charge in [-0.25, -0.2) is 0 Å². The first kappa shape index (κ1) is 18.9. The van der Waals surface area contributed by atoms with E-state index in [0.29, 0.717) is 0 Å². The highest BCUT2D eigenvalue weighted by Gasteiger charge is 2.43. The largest absolute Gasteiger partial charge is 0.310 e. The van der Waals surface area contributed by atoms with E-state index >= 15 is 0 Å². The molecule has 0 amide bonds. The predicted octanol–water partition coefficient (Wildman–Crippen LogP) is 6.01. The third-order valence-corrected chi connectivity index (χ3v) is 9.08. The Morgan fingerprint density at radius 1 is 0.694 bits per heavy atom. The molecule has 3 nitrogen and oxygen atoms in total. The molecule has 0 saturated carbocycles. The number of hydrogen-bond acceptors (Lipinski definition) is 3. The number of anilines is 3. The van der Waals surface area contributed by atoms with Crippen LogP contribution in [0.25, 0.3) is 37.6 Å². The molecule has 4 aromatic carbocycles. The lowest BCUT2D eigenvalue weighted by Gasteiger charge is -2.38. The summed E-state index contributed by atoms with van der Waals surface area (Å²) in [7, 11) is 0. The van der Waals surface area contributed by atoms with Crippen LogP contribution in [-0.4, -0.2) is 16.3 Å². The van der Waals surface area contributed by atoms with E-state index in [1.54, 1.807) is 0 Å². The van der Waals surface area contributed by atoms with E-state index in [2.05, 4.69) is 112 Å². The van der Waals surface area contributed by atoms with Crippen LogP contribution in [-0.2, 0) is 0 Å². The molecule has 0 aliphatic carbocycles. The Morgan fingerprint density at radius 2 is 1.50 bits per heavy atom. The molecule has 5 heterocycles. The zero-order chi connectivity index (χ0) is 23.4. The predicted molar refractivity (Wildman–Crippen MR) is 153 cm³/mol.